The van der Waals surface area contributed by atoms with Gasteiger partial charge in [0.1, 0.15) is 6.61 Å². The fourth-order valence-corrected chi connectivity index (χ4v) is 3.32. The molecule has 1 aliphatic heterocycles. The maximum Gasteiger partial charge on any atom is 0.269 e. The van der Waals surface area contributed by atoms with Crippen LogP contribution < -0.4 is 9.47 Å². The van der Waals surface area contributed by atoms with Crippen LogP contribution in [0.1, 0.15) is 0 Å². The third-order valence-corrected chi connectivity index (χ3v) is 4.88. The fraction of sp³-hybridized carbons (Fsp3) is 0.278. The van der Waals surface area contributed by atoms with Crippen LogP contribution in [0.5, 0.6) is 11.5 Å². The van der Waals surface area contributed by atoms with Crippen LogP contribution in [0.3, 0.4) is 0 Å². The number of ether oxygens (including phenoxy) is 2. The third-order valence-electron chi connectivity index (χ3n) is 3.88. The van der Waals surface area contributed by atoms with Gasteiger partial charge in [-0.15, -0.1) is 11.8 Å². The number of hydrogen-bond donors (Lipinski definition) is 0. The van der Waals surface area contributed by atoms with E-state index in [-0.39, 0.29) is 23.5 Å². The summed E-state index contributed by atoms with van der Waals surface area (Å²) in [4.78, 5) is 24.9. The molecular weight excluding hydrogens is 356 g/mol. The highest BCUT2D eigenvalue weighted by molar-refractivity contribution is 8.00. The summed E-state index contributed by atoms with van der Waals surface area (Å²) >= 11 is 1.34. The van der Waals surface area contributed by atoms with Gasteiger partial charge < -0.3 is 14.4 Å². The van der Waals surface area contributed by atoms with Gasteiger partial charge in [-0.1, -0.05) is 12.1 Å². The van der Waals surface area contributed by atoms with E-state index >= 15 is 0 Å². The molecule has 1 aliphatic rings. The number of benzene rings is 2. The predicted molar refractivity (Wildman–Crippen MR) is 97.8 cm³/mol. The average molecular weight is 374 g/mol. The largest absolute Gasteiger partial charge is 0.486 e. The Kier molecular flexibility index (Phi) is 5.62. The van der Waals surface area contributed by atoms with Crippen molar-refractivity contribution in [3.63, 3.8) is 0 Å². The van der Waals surface area contributed by atoms with E-state index in [4.69, 9.17) is 9.47 Å². The van der Waals surface area contributed by atoms with Gasteiger partial charge in [0.25, 0.3) is 5.69 Å². The molecule has 2 aromatic carbocycles. The van der Waals surface area contributed by atoms with E-state index in [0.717, 1.165) is 4.90 Å². The van der Waals surface area contributed by atoms with Crippen LogP contribution in [0.15, 0.2) is 53.4 Å². The monoisotopic (exact) mass is 374 g/mol. The van der Waals surface area contributed by atoms with Gasteiger partial charge in [-0.25, -0.2) is 0 Å². The summed E-state index contributed by atoms with van der Waals surface area (Å²) in [6.07, 6.45) is -0.219. The summed E-state index contributed by atoms with van der Waals surface area (Å²) < 4.78 is 11.5. The van der Waals surface area contributed by atoms with Gasteiger partial charge >= 0.3 is 0 Å². The van der Waals surface area contributed by atoms with Gasteiger partial charge in [-0.3, -0.25) is 14.9 Å². The van der Waals surface area contributed by atoms with Crippen LogP contribution in [0, 0.1) is 10.1 Å². The second kappa shape index (κ2) is 8.09. The highest BCUT2D eigenvalue weighted by Crippen LogP contribution is 2.31. The molecule has 0 saturated heterocycles. The summed E-state index contributed by atoms with van der Waals surface area (Å²) in [6.45, 7) is 0.818. The normalized spacial score (nSPS) is 15.3. The van der Waals surface area contributed by atoms with E-state index in [1.807, 2.05) is 24.3 Å². The Bertz CT molecular complexity index is 796. The Labute approximate surface area is 155 Å². The summed E-state index contributed by atoms with van der Waals surface area (Å²) in [5, 5.41) is 10.6. The molecule has 26 heavy (non-hydrogen) atoms. The smallest absolute Gasteiger partial charge is 0.269 e. The van der Waals surface area contributed by atoms with Crippen molar-refractivity contribution in [3.05, 3.63) is 58.6 Å². The topological polar surface area (TPSA) is 81.9 Å². The minimum absolute atomic E-state index is 0.0347. The lowest BCUT2D eigenvalue weighted by molar-refractivity contribution is -0.384. The number of amides is 1. The molecule has 0 bridgehead atoms. The maximum absolute atomic E-state index is 12.3. The molecule has 1 unspecified atom stereocenters. The number of likely N-dealkylation sites (N-methyl/N-ethyl adjacent to an activating group) is 1. The fourth-order valence-electron chi connectivity index (χ4n) is 2.48. The van der Waals surface area contributed by atoms with Crippen LogP contribution in [0.4, 0.5) is 5.69 Å². The number of thioether (sulfide) groups is 1. The summed E-state index contributed by atoms with van der Waals surface area (Å²) in [5.41, 5.74) is 0.0347. The van der Waals surface area contributed by atoms with Crippen molar-refractivity contribution in [2.45, 2.75) is 11.0 Å². The number of carbonyl (C=O) groups is 1. The van der Waals surface area contributed by atoms with Crippen molar-refractivity contribution >= 4 is 23.4 Å². The number of carbonyl (C=O) groups excluding carboxylic acids is 1. The number of hydrogen-bond acceptors (Lipinski definition) is 6. The quantitative estimate of drug-likeness (QED) is 0.439. The first-order valence-electron chi connectivity index (χ1n) is 8.02. The molecule has 0 aromatic heterocycles. The SMILES string of the molecule is CN(CC1COc2ccccc2O1)C(=O)CSc1ccc([N+](=O)[O-])cc1. The van der Waals surface area contributed by atoms with Crippen molar-refractivity contribution in [2.75, 3.05) is 26.0 Å². The van der Waals surface area contributed by atoms with Crippen molar-refractivity contribution in [2.24, 2.45) is 0 Å². The Hall–Kier alpha value is -2.74. The lowest BCUT2D eigenvalue weighted by atomic mass is 10.2. The summed E-state index contributed by atoms with van der Waals surface area (Å²) in [5.74, 6) is 1.60. The van der Waals surface area contributed by atoms with Crippen LogP contribution >= 0.6 is 11.8 Å². The van der Waals surface area contributed by atoms with E-state index in [0.29, 0.717) is 24.7 Å². The lowest BCUT2D eigenvalue weighted by Crippen LogP contribution is -2.42. The highest BCUT2D eigenvalue weighted by Gasteiger charge is 2.23. The summed E-state index contributed by atoms with van der Waals surface area (Å²) in [7, 11) is 1.72. The van der Waals surface area contributed by atoms with E-state index in [9.17, 15) is 14.9 Å². The number of nitro groups is 1. The zero-order valence-electron chi connectivity index (χ0n) is 14.2. The minimum Gasteiger partial charge on any atom is -0.486 e. The van der Waals surface area contributed by atoms with Crippen molar-refractivity contribution < 1.29 is 19.2 Å². The molecule has 0 N–H and O–H groups in total. The van der Waals surface area contributed by atoms with Gasteiger partial charge in [0.2, 0.25) is 5.91 Å². The first kappa shape index (κ1) is 18.1. The number of para-hydroxylation sites is 2. The van der Waals surface area contributed by atoms with Crippen molar-refractivity contribution in [1.82, 2.24) is 4.90 Å². The second-order valence-corrected chi connectivity index (χ2v) is 6.86. The van der Waals surface area contributed by atoms with Crippen LogP contribution in [-0.4, -0.2) is 47.8 Å². The van der Waals surface area contributed by atoms with Crippen LogP contribution in [-0.2, 0) is 4.79 Å². The molecule has 0 aliphatic carbocycles. The molecule has 8 heteroatoms. The van der Waals surface area contributed by atoms with Crippen molar-refractivity contribution in [1.29, 1.82) is 0 Å². The van der Waals surface area contributed by atoms with Gasteiger partial charge in [0.05, 0.1) is 17.2 Å². The molecule has 136 valence electrons. The van der Waals surface area contributed by atoms with Gasteiger partial charge in [-0.05, 0) is 24.3 Å². The van der Waals surface area contributed by atoms with Crippen LogP contribution in [0.25, 0.3) is 0 Å². The minimum atomic E-state index is -0.447. The molecule has 0 spiro atoms. The Morgan fingerprint density at radius 1 is 1.23 bits per heavy atom. The third kappa shape index (κ3) is 4.45. The number of nitrogens with zero attached hydrogens (tertiary/aromatic N) is 2. The van der Waals surface area contributed by atoms with Gasteiger partial charge in [0.15, 0.2) is 17.6 Å². The molecule has 1 atom stereocenters. The molecule has 0 saturated carbocycles. The standard InChI is InChI=1S/C18H18N2O5S/c1-19(10-14-11-24-16-4-2-3-5-17(16)25-14)18(21)12-26-15-8-6-13(7-9-15)20(22)23/h2-9,14H,10-12H2,1H3. The highest BCUT2D eigenvalue weighted by atomic mass is 32.2. The average Bonchev–Trinajstić information content (AvgIpc) is 2.66. The molecule has 3 rings (SSSR count). The Morgan fingerprint density at radius 2 is 1.92 bits per heavy atom. The summed E-state index contributed by atoms with van der Waals surface area (Å²) in [6, 6.07) is 13.6. The van der Waals surface area contributed by atoms with E-state index in [1.165, 1.54) is 23.9 Å². The number of fused-ring (bicyclic) bond motifs is 1. The molecule has 0 radical (unpaired) electrons. The van der Waals surface area contributed by atoms with Crippen LogP contribution in [0.2, 0.25) is 0 Å². The second-order valence-electron chi connectivity index (χ2n) is 5.81. The predicted octanol–water partition coefficient (Wildman–Crippen LogP) is 2.99. The molecule has 0 fully saturated rings. The lowest BCUT2D eigenvalue weighted by Gasteiger charge is -2.29. The maximum atomic E-state index is 12.3. The number of nitro benzene ring substituents is 1. The zero-order chi connectivity index (χ0) is 18.5. The first-order valence-corrected chi connectivity index (χ1v) is 9.01. The first-order chi connectivity index (χ1) is 12.5. The van der Waals surface area contributed by atoms with Gasteiger partial charge in [-0.2, -0.15) is 0 Å². The Balaban J connectivity index is 1.48. The zero-order valence-corrected chi connectivity index (χ0v) is 15.0. The Morgan fingerprint density at radius 3 is 2.62 bits per heavy atom. The van der Waals surface area contributed by atoms with E-state index in [1.54, 1.807) is 24.1 Å². The van der Waals surface area contributed by atoms with Crippen molar-refractivity contribution in [3.8, 4) is 11.5 Å². The van der Waals surface area contributed by atoms with E-state index in [2.05, 4.69) is 0 Å². The molecule has 1 heterocycles. The number of rotatable bonds is 6. The molecule has 7 nitrogen and oxygen atoms in total. The van der Waals surface area contributed by atoms with E-state index < -0.39 is 4.92 Å². The number of non-ortho nitro benzene ring substituents is 1. The van der Waals surface area contributed by atoms with Gasteiger partial charge in [0, 0.05) is 24.1 Å². The molecule has 1 amide bonds. The molecular formula is C18H18N2O5S. The molecule has 2 aromatic rings.